The van der Waals surface area contributed by atoms with E-state index >= 15 is 0 Å². The second-order valence-electron chi connectivity index (χ2n) is 4.91. The molecule has 7 nitrogen and oxygen atoms in total. The summed E-state index contributed by atoms with van der Waals surface area (Å²) in [6.07, 6.45) is 0.970. The Morgan fingerprint density at radius 1 is 1.41 bits per heavy atom. The number of aryl methyl sites for hydroxylation is 2. The van der Waals surface area contributed by atoms with Gasteiger partial charge >= 0.3 is 11.6 Å². The Balaban J connectivity index is 2.40. The maximum absolute atomic E-state index is 12.3. The Labute approximate surface area is 130 Å². The minimum absolute atomic E-state index is 0.222. The van der Waals surface area contributed by atoms with Gasteiger partial charge in [-0.1, -0.05) is 13.3 Å². The molecule has 8 heteroatoms. The maximum atomic E-state index is 12.3. The Bertz CT molecular complexity index is 792. The van der Waals surface area contributed by atoms with Gasteiger partial charge in [0.05, 0.1) is 4.88 Å². The molecule has 0 aliphatic carbocycles. The van der Waals surface area contributed by atoms with E-state index in [4.69, 9.17) is 9.52 Å². The molecule has 0 saturated heterocycles. The van der Waals surface area contributed by atoms with Crippen molar-refractivity contribution in [1.29, 1.82) is 0 Å². The van der Waals surface area contributed by atoms with Gasteiger partial charge in [-0.3, -0.25) is 4.79 Å². The van der Waals surface area contributed by atoms with Crippen LogP contribution >= 0.6 is 11.3 Å². The van der Waals surface area contributed by atoms with Crippen molar-refractivity contribution in [2.45, 2.75) is 39.7 Å². The number of carboxylic acids is 1. The fourth-order valence-corrected chi connectivity index (χ4v) is 3.27. The third-order valence-corrected chi connectivity index (χ3v) is 4.40. The standard InChI is InChI=1S/C14H16N2O5S/c1-4-5-8(13(18)19)16-11(17)10-6(2)9-12(22-10)15-7(3)21-14(9)20/h8H,4-5H2,1-3H3,(H,16,17)(H,18,19). The summed E-state index contributed by atoms with van der Waals surface area (Å²) in [7, 11) is 0. The van der Waals surface area contributed by atoms with Crippen molar-refractivity contribution in [3.8, 4) is 0 Å². The second-order valence-corrected chi connectivity index (χ2v) is 5.91. The topological polar surface area (TPSA) is 110 Å². The molecule has 0 spiro atoms. The Morgan fingerprint density at radius 2 is 2.09 bits per heavy atom. The zero-order valence-corrected chi connectivity index (χ0v) is 13.2. The number of rotatable bonds is 5. The number of nitrogens with zero attached hydrogens (tertiary/aromatic N) is 1. The van der Waals surface area contributed by atoms with Gasteiger partial charge in [0.1, 0.15) is 16.3 Å². The van der Waals surface area contributed by atoms with E-state index in [-0.39, 0.29) is 16.2 Å². The van der Waals surface area contributed by atoms with Gasteiger partial charge in [0.2, 0.25) is 0 Å². The summed E-state index contributed by atoms with van der Waals surface area (Å²) in [6.45, 7) is 5.01. The molecule has 2 aromatic heterocycles. The van der Waals surface area contributed by atoms with Gasteiger partial charge < -0.3 is 14.8 Å². The first kappa shape index (κ1) is 16.2. The summed E-state index contributed by atoms with van der Waals surface area (Å²) in [5, 5.41) is 11.8. The smallest absolute Gasteiger partial charge is 0.348 e. The molecule has 0 radical (unpaired) electrons. The molecule has 0 aliphatic heterocycles. The molecule has 0 saturated carbocycles. The van der Waals surface area contributed by atoms with Crippen molar-refractivity contribution < 1.29 is 19.1 Å². The number of carbonyl (C=O) groups excluding carboxylic acids is 1. The van der Waals surface area contributed by atoms with Crippen LogP contribution in [0.2, 0.25) is 0 Å². The number of aliphatic carboxylic acids is 1. The highest BCUT2D eigenvalue weighted by atomic mass is 32.1. The van der Waals surface area contributed by atoms with Crippen LogP contribution in [-0.2, 0) is 4.79 Å². The molecule has 0 aliphatic rings. The molecule has 0 fully saturated rings. The van der Waals surface area contributed by atoms with E-state index in [1.54, 1.807) is 13.8 Å². The zero-order valence-electron chi connectivity index (χ0n) is 12.4. The molecule has 2 N–H and O–H groups in total. The SMILES string of the molecule is CCCC(NC(=O)c1sc2nc(C)oc(=O)c2c1C)C(=O)O. The van der Waals surface area contributed by atoms with Crippen LogP contribution in [0.1, 0.15) is 40.9 Å². The van der Waals surface area contributed by atoms with E-state index in [9.17, 15) is 14.4 Å². The van der Waals surface area contributed by atoms with Crippen LogP contribution in [0.25, 0.3) is 10.2 Å². The van der Waals surface area contributed by atoms with Crippen LogP contribution in [0.5, 0.6) is 0 Å². The molecule has 1 atom stereocenters. The summed E-state index contributed by atoms with van der Waals surface area (Å²) >= 11 is 1.06. The number of hydrogen-bond donors (Lipinski definition) is 2. The van der Waals surface area contributed by atoms with E-state index in [2.05, 4.69) is 10.3 Å². The summed E-state index contributed by atoms with van der Waals surface area (Å²) in [4.78, 5) is 40.1. The monoisotopic (exact) mass is 324 g/mol. The van der Waals surface area contributed by atoms with Crippen molar-refractivity contribution in [3.63, 3.8) is 0 Å². The number of thiophene rings is 1. The Morgan fingerprint density at radius 3 is 2.68 bits per heavy atom. The molecular formula is C14H16N2O5S. The molecule has 1 unspecified atom stereocenters. The zero-order chi connectivity index (χ0) is 16.4. The Hall–Kier alpha value is -2.22. The van der Waals surface area contributed by atoms with Crippen LogP contribution in [0.4, 0.5) is 0 Å². The van der Waals surface area contributed by atoms with E-state index in [0.29, 0.717) is 23.2 Å². The van der Waals surface area contributed by atoms with Gasteiger partial charge in [-0.25, -0.2) is 14.6 Å². The average molecular weight is 324 g/mol. The quantitative estimate of drug-likeness (QED) is 0.868. The lowest BCUT2D eigenvalue weighted by atomic mass is 10.1. The first-order valence-electron chi connectivity index (χ1n) is 6.79. The summed E-state index contributed by atoms with van der Waals surface area (Å²) in [5.74, 6) is -1.37. The van der Waals surface area contributed by atoms with Crippen LogP contribution in [0.15, 0.2) is 9.21 Å². The van der Waals surface area contributed by atoms with E-state index < -0.39 is 23.5 Å². The minimum atomic E-state index is -1.08. The maximum Gasteiger partial charge on any atom is 0.348 e. The minimum Gasteiger partial charge on any atom is -0.480 e. The van der Waals surface area contributed by atoms with Crippen molar-refractivity contribution in [2.75, 3.05) is 0 Å². The molecule has 22 heavy (non-hydrogen) atoms. The van der Waals surface area contributed by atoms with Crippen molar-refractivity contribution >= 4 is 33.4 Å². The number of nitrogens with one attached hydrogen (secondary N) is 1. The number of carbonyl (C=O) groups is 2. The number of fused-ring (bicyclic) bond motifs is 1. The van der Waals surface area contributed by atoms with Crippen LogP contribution < -0.4 is 10.9 Å². The number of carboxylic acid groups (broad SMARTS) is 1. The van der Waals surface area contributed by atoms with Crippen LogP contribution in [0, 0.1) is 13.8 Å². The predicted octanol–water partition coefficient (Wildman–Crippen LogP) is 1.85. The first-order chi connectivity index (χ1) is 10.3. The molecule has 0 aromatic carbocycles. The van der Waals surface area contributed by atoms with Crippen molar-refractivity contribution in [2.24, 2.45) is 0 Å². The van der Waals surface area contributed by atoms with Crippen molar-refractivity contribution in [3.05, 3.63) is 26.8 Å². The lowest BCUT2D eigenvalue weighted by Crippen LogP contribution is -2.40. The molecule has 1 amide bonds. The van der Waals surface area contributed by atoms with Gasteiger partial charge in [0.25, 0.3) is 5.91 Å². The van der Waals surface area contributed by atoms with Gasteiger partial charge in [0, 0.05) is 6.92 Å². The highest BCUT2D eigenvalue weighted by molar-refractivity contribution is 7.20. The predicted molar refractivity (Wildman–Crippen MR) is 81.4 cm³/mol. The van der Waals surface area contributed by atoms with E-state index in [1.807, 2.05) is 6.92 Å². The fraction of sp³-hybridized carbons (Fsp3) is 0.429. The molecule has 2 aromatic rings. The molecular weight excluding hydrogens is 308 g/mol. The Kier molecular flexibility index (Phi) is 4.60. The fourth-order valence-electron chi connectivity index (χ4n) is 2.15. The molecule has 2 heterocycles. The number of aromatic nitrogens is 1. The molecule has 2 rings (SSSR count). The normalized spacial score (nSPS) is 12.3. The third kappa shape index (κ3) is 3.01. The third-order valence-electron chi connectivity index (χ3n) is 3.22. The van der Waals surface area contributed by atoms with Crippen LogP contribution in [0.3, 0.4) is 0 Å². The van der Waals surface area contributed by atoms with Gasteiger partial charge in [-0.15, -0.1) is 11.3 Å². The average Bonchev–Trinajstić information content (AvgIpc) is 2.75. The van der Waals surface area contributed by atoms with Crippen molar-refractivity contribution in [1.82, 2.24) is 10.3 Å². The number of amides is 1. The lowest BCUT2D eigenvalue weighted by molar-refractivity contribution is -0.139. The summed E-state index contributed by atoms with van der Waals surface area (Å²) in [6, 6.07) is -0.951. The molecule has 118 valence electrons. The van der Waals surface area contributed by atoms with Gasteiger partial charge in [-0.2, -0.15) is 0 Å². The van der Waals surface area contributed by atoms with Gasteiger partial charge in [0.15, 0.2) is 5.89 Å². The lowest BCUT2D eigenvalue weighted by Gasteiger charge is -2.12. The van der Waals surface area contributed by atoms with E-state index in [0.717, 1.165) is 11.3 Å². The van der Waals surface area contributed by atoms with Crippen LogP contribution in [-0.4, -0.2) is 28.0 Å². The summed E-state index contributed by atoms with van der Waals surface area (Å²) in [5.41, 5.74) is -0.0852. The highest BCUT2D eigenvalue weighted by Crippen LogP contribution is 2.27. The highest BCUT2D eigenvalue weighted by Gasteiger charge is 2.24. The second kappa shape index (κ2) is 6.27. The number of hydrogen-bond acceptors (Lipinski definition) is 6. The van der Waals surface area contributed by atoms with E-state index in [1.165, 1.54) is 0 Å². The first-order valence-corrected chi connectivity index (χ1v) is 7.61. The largest absolute Gasteiger partial charge is 0.480 e. The molecule has 0 bridgehead atoms. The van der Waals surface area contributed by atoms with Gasteiger partial charge in [-0.05, 0) is 18.9 Å². The summed E-state index contributed by atoms with van der Waals surface area (Å²) < 4.78 is 4.94.